The number of benzene rings is 2. The lowest BCUT2D eigenvalue weighted by Crippen LogP contribution is -2.33. The number of amides is 2. The predicted octanol–water partition coefficient (Wildman–Crippen LogP) is 3.43. The summed E-state index contributed by atoms with van der Waals surface area (Å²) >= 11 is 0. The number of fused-ring (bicyclic) bond motifs is 2. The fraction of sp³-hybridized carbons (Fsp3) is 0.259. The molecule has 8 nitrogen and oxygen atoms in total. The number of ether oxygens (including phenoxy) is 1. The fourth-order valence-electron chi connectivity index (χ4n) is 3.99. The smallest absolute Gasteiger partial charge is 0.265 e. The van der Waals surface area contributed by atoms with E-state index in [4.69, 9.17) is 4.74 Å². The highest BCUT2D eigenvalue weighted by atomic mass is 16.5. The molecule has 2 heterocycles. The summed E-state index contributed by atoms with van der Waals surface area (Å²) in [5.41, 5.74) is 0.812. The molecule has 0 spiro atoms. The maximum Gasteiger partial charge on any atom is 0.265 e. The molecule has 8 heteroatoms. The number of hydrogen-bond donors (Lipinski definition) is 1. The molecule has 1 N–H and O–H groups in total. The number of aliphatic hydroxyl groups excluding tert-OH is 1. The lowest BCUT2D eigenvalue weighted by molar-refractivity contribution is 0.0654. The van der Waals surface area contributed by atoms with Gasteiger partial charge in [0.15, 0.2) is 0 Å². The van der Waals surface area contributed by atoms with E-state index in [0.717, 1.165) is 4.90 Å². The Morgan fingerprint density at radius 3 is 2.60 bits per heavy atom. The number of para-hydroxylation sites is 1. The highest BCUT2D eigenvalue weighted by molar-refractivity contribution is 6.22. The average Bonchev–Trinajstić information content (AvgIpc) is 3.09. The van der Waals surface area contributed by atoms with Crippen molar-refractivity contribution in [1.29, 1.82) is 0 Å². The molecule has 3 aromatic rings. The zero-order valence-corrected chi connectivity index (χ0v) is 19.7. The van der Waals surface area contributed by atoms with Gasteiger partial charge in [0.05, 0.1) is 34.2 Å². The molecule has 0 bridgehead atoms. The molecule has 1 aromatic heterocycles. The van der Waals surface area contributed by atoms with Crippen LogP contribution in [0.15, 0.2) is 66.0 Å². The lowest BCUT2D eigenvalue weighted by atomic mass is 10.1. The zero-order chi connectivity index (χ0) is 25.1. The normalized spacial score (nSPS) is 14.2. The van der Waals surface area contributed by atoms with Crippen LogP contribution in [0.25, 0.3) is 17.1 Å². The summed E-state index contributed by atoms with van der Waals surface area (Å²) in [7, 11) is 0. The van der Waals surface area contributed by atoms with Crippen molar-refractivity contribution in [2.24, 2.45) is 0 Å². The van der Waals surface area contributed by atoms with Gasteiger partial charge in [0.2, 0.25) is 0 Å². The van der Waals surface area contributed by atoms with Gasteiger partial charge in [0.25, 0.3) is 17.4 Å². The van der Waals surface area contributed by atoms with Crippen molar-refractivity contribution in [2.75, 3.05) is 6.54 Å². The van der Waals surface area contributed by atoms with Crippen LogP contribution in [0.2, 0.25) is 0 Å². The first kappa shape index (κ1) is 24.1. The highest BCUT2D eigenvalue weighted by Gasteiger charge is 2.38. The van der Waals surface area contributed by atoms with Crippen molar-refractivity contribution in [3.8, 4) is 5.75 Å². The monoisotopic (exact) mass is 473 g/mol. The number of carbonyl (C=O) groups is 2. The van der Waals surface area contributed by atoms with Crippen LogP contribution in [0.4, 0.5) is 0 Å². The second-order valence-corrected chi connectivity index (χ2v) is 8.50. The van der Waals surface area contributed by atoms with E-state index in [9.17, 15) is 19.5 Å². The van der Waals surface area contributed by atoms with E-state index in [2.05, 4.69) is 11.6 Å². The van der Waals surface area contributed by atoms with Crippen molar-refractivity contribution in [3.05, 3.63) is 88.5 Å². The molecule has 1 unspecified atom stereocenters. The van der Waals surface area contributed by atoms with E-state index >= 15 is 0 Å². The summed E-state index contributed by atoms with van der Waals surface area (Å²) in [6.45, 7) is 7.29. The molecule has 0 radical (unpaired) electrons. The van der Waals surface area contributed by atoms with E-state index in [1.54, 1.807) is 54.7 Å². The van der Waals surface area contributed by atoms with Crippen molar-refractivity contribution in [1.82, 2.24) is 14.5 Å². The first-order valence-corrected chi connectivity index (χ1v) is 11.4. The minimum Gasteiger partial charge on any atom is -0.490 e. The Morgan fingerprint density at radius 2 is 1.86 bits per heavy atom. The molecular weight excluding hydrogens is 446 g/mol. The van der Waals surface area contributed by atoms with Gasteiger partial charge in [-0.25, -0.2) is 4.98 Å². The molecule has 1 atom stereocenters. The summed E-state index contributed by atoms with van der Waals surface area (Å²) in [6, 6.07) is 12.0. The quantitative estimate of drug-likeness (QED) is 0.377. The summed E-state index contributed by atoms with van der Waals surface area (Å²) in [4.78, 5) is 45.1. The Kier molecular flexibility index (Phi) is 6.93. The summed E-state index contributed by atoms with van der Waals surface area (Å²) in [5, 5.41) is 10.2. The molecule has 180 valence electrons. The first-order chi connectivity index (χ1) is 16.8. The molecule has 0 aliphatic carbocycles. The number of aliphatic hydroxyl groups is 1. The predicted molar refractivity (Wildman–Crippen MR) is 133 cm³/mol. The van der Waals surface area contributed by atoms with Gasteiger partial charge in [-0.15, -0.1) is 6.58 Å². The third-order valence-corrected chi connectivity index (χ3v) is 5.67. The van der Waals surface area contributed by atoms with Gasteiger partial charge in [0.1, 0.15) is 11.6 Å². The maximum atomic E-state index is 13.2. The second-order valence-electron chi connectivity index (χ2n) is 8.50. The van der Waals surface area contributed by atoms with E-state index in [0.29, 0.717) is 28.0 Å². The average molecular weight is 474 g/mol. The number of carbonyl (C=O) groups excluding carboxylic acids is 2. The fourth-order valence-corrected chi connectivity index (χ4v) is 3.99. The van der Waals surface area contributed by atoms with Gasteiger partial charge < -0.3 is 9.84 Å². The summed E-state index contributed by atoms with van der Waals surface area (Å²) < 4.78 is 7.14. The van der Waals surface area contributed by atoms with Gasteiger partial charge in [-0.2, -0.15) is 0 Å². The lowest BCUT2D eigenvalue weighted by Gasteiger charge is -2.16. The Labute approximate surface area is 202 Å². The molecule has 0 saturated heterocycles. The third-order valence-electron chi connectivity index (χ3n) is 5.67. The number of aromatic nitrogens is 2. The van der Waals surface area contributed by atoms with Gasteiger partial charge in [-0.05, 0) is 44.5 Å². The van der Waals surface area contributed by atoms with Gasteiger partial charge in [-0.3, -0.25) is 23.9 Å². The van der Waals surface area contributed by atoms with Crippen LogP contribution < -0.4 is 10.3 Å². The van der Waals surface area contributed by atoms with Crippen LogP contribution >= 0.6 is 0 Å². The number of nitrogens with zero attached hydrogens (tertiary/aromatic N) is 3. The van der Waals surface area contributed by atoms with Crippen molar-refractivity contribution in [2.45, 2.75) is 38.9 Å². The van der Waals surface area contributed by atoms with E-state index in [1.165, 1.54) is 10.6 Å². The summed E-state index contributed by atoms with van der Waals surface area (Å²) in [6.07, 6.45) is 4.18. The molecule has 35 heavy (non-hydrogen) atoms. The molecular formula is C27H27N3O5. The Bertz CT molecular complexity index is 1390. The van der Waals surface area contributed by atoms with Crippen molar-refractivity contribution in [3.63, 3.8) is 0 Å². The van der Waals surface area contributed by atoms with Crippen LogP contribution in [-0.4, -0.2) is 50.1 Å². The first-order valence-electron chi connectivity index (χ1n) is 11.4. The topological polar surface area (TPSA) is 102 Å². The number of imide groups is 1. The van der Waals surface area contributed by atoms with E-state index in [1.807, 2.05) is 13.8 Å². The van der Waals surface area contributed by atoms with Crippen LogP contribution in [0.3, 0.4) is 0 Å². The molecule has 2 amide bonds. The van der Waals surface area contributed by atoms with Crippen molar-refractivity contribution < 1.29 is 19.4 Å². The van der Waals surface area contributed by atoms with Crippen LogP contribution in [-0.2, 0) is 6.42 Å². The van der Waals surface area contributed by atoms with Crippen LogP contribution in [0.5, 0.6) is 5.75 Å². The molecule has 1 aliphatic heterocycles. The van der Waals surface area contributed by atoms with E-state index in [-0.39, 0.29) is 36.6 Å². The second kappa shape index (κ2) is 10.1. The van der Waals surface area contributed by atoms with Gasteiger partial charge in [-0.1, -0.05) is 30.4 Å². The van der Waals surface area contributed by atoms with Crippen LogP contribution in [0.1, 0.15) is 46.8 Å². The molecule has 0 fully saturated rings. The minimum atomic E-state index is -0.737. The van der Waals surface area contributed by atoms with Gasteiger partial charge >= 0.3 is 0 Å². The molecule has 1 aliphatic rings. The van der Waals surface area contributed by atoms with Crippen LogP contribution in [0, 0.1) is 0 Å². The Hall–Kier alpha value is -4.04. The van der Waals surface area contributed by atoms with Crippen molar-refractivity contribution >= 4 is 28.9 Å². The standard InChI is InChI=1S/C27H27N3O5/c1-4-18(31)9-8-15-29-23(28-21-12-6-5-10-19(21)25(29)32)14-16-30-26(33)20-11-7-13-22(35-17(2)3)24(20)27(30)34/h4-8,10-13,15,17-18,31H,1,9,14,16H2,2-3H3/b15-8+. The zero-order valence-electron chi connectivity index (χ0n) is 19.7. The largest absolute Gasteiger partial charge is 0.490 e. The van der Waals surface area contributed by atoms with E-state index < -0.39 is 17.9 Å². The molecule has 0 saturated carbocycles. The number of rotatable bonds is 9. The maximum absolute atomic E-state index is 13.2. The Balaban J connectivity index is 1.65. The Morgan fingerprint density at radius 1 is 1.09 bits per heavy atom. The molecule has 2 aromatic carbocycles. The molecule has 4 rings (SSSR count). The third kappa shape index (κ3) is 4.79. The number of hydrogen-bond acceptors (Lipinski definition) is 6. The summed E-state index contributed by atoms with van der Waals surface area (Å²) in [5.74, 6) is -0.0600. The minimum absolute atomic E-state index is 0.0430. The van der Waals surface area contributed by atoms with Gasteiger partial charge in [0, 0.05) is 19.2 Å². The SMILES string of the molecule is C=CC(O)C/C=C/n1c(CCN2C(=O)c3cccc(OC(C)C)c3C2=O)nc2ccccc2c1=O. The highest BCUT2D eigenvalue weighted by Crippen LogP contribution is 2.31.